The van der Waals surface area contributed by atoms with Gasteiger partial charge in [0.1, 0.15) is 11.4 Å². The lowest BCUT2D eigenvalue weighted by Crippen LogP contribution is -2.07. The average molecular weight is 264 g/mol. The summed E-state index contributed by atoms with van der Waals surface area (Å²) in [5, 5.41) is 9.18. The van der Waals surface area contributed by atoms with Crippen LogP contribution in [-0.4, -0.2) is 29.2 Å². The van der Waals surface area contributed by atoms with E-state index in [1.54, 1.807) is 13.0 Å². The van der Waals surface area contributed by atoms with E-state index in [2.05, 4.69) is 9.97 Å². The van der Waals surface area contributed by atoms with Crippen molar-refractivity contribution in [3.05, 3.63) is 36.7 Å². The molecule has 0 amide bonds. The number of pyridine rings is 2. The Labute approximate surface area is 105 Å². The number of nitrogens with zero attached hydrogens (tertiary/aromatic N) is 2. The second-order valence-corrected chi connectivity index (χ2v) is 5.90. The fourth-order valence-corrected chi connectivity index (χ4v) is 2.56. The van der Waals surface area contributed by atoms with Crippen LogP contribution in [0.5, 0.6) is 5.75 Å². The second-order valence-electron chi connectivity index (χ2n) is 3.66. The minimum atomic E-state index is -3.35. The molecule has 0 saturated heterocycles. The van der Waals surface area contributed by atoms with E-state index in [1.807, 2.05) is 0 Å². The van der Waals surface area contributed by atoms with Crippen LogP contribution in [0.25, 0.3) is 11.4 Å². The third-order valence-electron chi connectivity index (χ3n) is 2.48. The quantitative estimate of drug-likeness (QED) is 0.911. The molecule has 0 bridgehead atoms. The molecule has 94 valence electrons. The lowest BCUT2D eigenvalue weighted by atomic mass is 10.2. The summed E-state index contributed by atoms with van der Waals surface area (Å²) >= 11 is 0. The van der Waals surface area contributed by atoms with Gasteiger partial charge >= 0.3 is 0 Å². The van der Waals surface area contributed by atoms with Crippen LogP contribution in [0.2, 0.25) is 0 Å². The van der Waals surface area contributed by atoms with Crippen molar-refractivity contribution in [2.24, 2.45) is 0 Å². The predicted octanol–water partition coefficient (Wildman–Crippen LogP) is 1.64. The first kappa shape index (κ1) is 12.5. The molecule has 1 N–H and O–H groups in total. The maximum atomic E-state index is 11.9. The predicted molar refractivity (Wildman–Crippen MR) is 66.9 cm³/mol. The number of sulfone groups is 1. The summed E-state index contributed by atoms with van der Waals surface area (Å²) in [7, 11) is -3.35. The van der Waals surface area contributed by atoms with Crippen LogP contribution >= 0.6 is 0 Å². The van der Waals surface area contributed by atoms with Crippen molar-refractivity contribution in [1.82, 2.24) is 9.97 Å². The highest BCUT2D eigenvalue weighted by atomic mass is 32.2. The molecular formula is C12H12N2O3S. The maximum Gasteiger partial charge on any atom is 0.180 e. The van der Waals surface area contributed by atoms with Gasteiger partial charge in [0.25, 0.3) is 0 Å². The summed E-state index contributed by atoms with van der Waals surface area (Å²) in [5.41, 5.74) is 0.722. The molecule has 2 aromatic rings. The van der Waals surface area contributed by atoms with Crippen molar-refractivity contribution in [2.45, 2.75) is 11.8 Å². The molecule has 0 unspecified atom stereocenters. The van der Waals surface area contributed by atoms with E-state index in [-0.39, 0.29) is 16.4 Å². The molecule has 0 atom stereocenters. The maximum absolute atomic E-state index is 11.9. The molecule has 0 aliphatic heterocycles. The Hall–Kier alpha value is -1.95. The molecule has 0 saturated carbocycles. The molecule has 0 aliphatic carbocycles. The van der Waals surface area contributed by atoms with Crippen LogP contribution in [0.15, 0.2) is 41.6 Å². The lowest BCUT2D eigenvalue weighted by Gasteiger charge is -2.07. The van der Waals surface area contributed by atoms with E-state index in [0.717, 1.165) is 0 Å². The Morgan fingerprint density at radius 1 is 1.22 bits per heavy atom. The molecule has 0 fully saturated rings. The van der Waals surface area contributed by atoms with Crippen molar-refractivity contribution < 1.29 is 13.5 Å². The van der Waals surface area contributed by atoms with Crippen LogP contribution in [-0.2, 0) is 9.84 Å². The van der Waals surface area contributed by atoms with Crippen molar-refractivity contribution >= 4 is 9.84 Å². The number of aromatic hydroxyl groups is 1. The van der Waals surface area contributed by atoms with Crippen LogP contribution in [0.3, 0.4) is 0 Å². The largest absolute Gasteiger partial charge is 0.506 e. The molecule has 18 heavy (non-hydrogen) atoms. The number of hydrogen-bond donors (Lipinski definition) is 1. The van der Waals surface area contributed by atoms with E-state index in [4.69, 9.17) is 0 Å². The van der Waals surface area contributed by atoms with Crippen LogP contribution in [0, 0.1) is 0 Å². The van der Waals surface area contributed by atoms with Gasteiger partial charge in [0.05, 0.1) is 22.5 Å². The Kier molecular flexibility index (Phi) is 3.29. The highest BCUT2D eigenvalue weighted by Gasteiger charge is 2.18. The van der Waals surface area contributed by atoms with Crippen LogP contribution in [0.4, 0.5) is 0 Å². The molecule has 0 aromatic carbocycles. The van der Waals surface area contributed by atoms with E-state index in [9.17, 15) is 13.5 Å². The molecular weight excluding hydrogens is 252 g/mol. The minimum Gasteiger partial charge on any atom is -0.506 e. The smallest absolute Gasteiger partial charge is 0.180 e. The minimum absolute atomic E-state index is 0.00375. The van der Waals surface area contributed by atoms with Gasteiger partial charge in [0, 0.05) is 6.20 Å². The zero-order chi connectivity index (χ0) is 13.2. The standard InChI is InChI=1S/C12H12N2O3S/c1-2-18(16,17)11-4-3-7-13-12(11)10-6-5-9(15)8-14-10/h3-8,15H,2H2,1H3. The third kappa shape index (κ3) is 2.33. The van der Waals surface area contributed by atoms with Gasteiger partial charge < -0.3 is 5.11 Å². The first-order valence-electron chi connectivity index (χ1n) is 5.38. The number of aromatic nitrogens is 2. The van der Waals surface area contributed by atoms with Gasteiger partial charge in [0.15, 0.2) is 9.84 Å². The first-order valence-corrected chi connectivity index (χ1v) is 7.03. The highest BCUT2D eigenvalue weighted by Crippen LogP contribution is 2.24. The van der Waals surface area contributed by atoms with Gasteiger partial charge in [-0.25, -0.2) is 8.42 Å². The van der Waals surface area contributed by atoms with Gasteiger partial charge in [-0.15, -0.1) is 0 Å². The fraction of sp³-hybridized carbons (Fsp3) is 0.167. The summed E-state index contributed by atoms with van der Waals surface area (Å²) in [6.45, 7) is 1.58. The van der Waals surface area contributed by atoms with Crippen molar-refractivity contribution in [2.75, 3.05) is 5.75 Å². The van der Waals surface area contributed by atoms with Crippen molar-refractivity contribution in [3.8, 4) is 17.1 Å². The zero-order valence-corrected chi connectivity index (χ0v) is 10.6. The molecule has 5 nitrogen and oxygen atoms in total. The lowest BCUT2D eigenvalue weighted by molar-refractivity contribution is 0.473. The van der Waals surface area contributed by atoms with Gasteiger partial charge in [-0.1, -0.05) is 6.92 Å². The summed E-state index contributed by atoms with van der Waals surface area (Å²) in [5.74, 6) is 0.0265. The summed E-state index contributed by atoms with van der Waals surface area (Å²) in [6.07, 6.45) is 2.77. The van der Waals surface area contributed by atoms with Gasteiger partial charge in [-0.2, -0.15) is 0 Å². The second kappa shape index (κ2) is 4.73. The summed E-state index contributed by atoms with van der Waals surface area (Å²) < 4.78 is 23.9. The van der Waals surface area contributed by atoms with E-state index >= 15 is 0 Å². The normalized spacial score (nSPS) is 11.4. The first-order chi connectivity index (χ1) is 8.54. The SMILES string of the molecule is CCS(=O)(=O)c1cccnc1-c1ccc(O)cn1. The zero-order valence-electron chi connectivity index (χ0n) is 9.74. The summed E-state index contributed by atoms with van der Waals surface area (Å²) in [6, 6.07) is 6.06. The molecule has 0 radical (unpaired) electrons. The van der Waals surface area contributed by atoms with Crippen molar-refractivity contribution in [3.63, 3.8) is 0 Å². The monoisotopic (exact) mass is 264 g/mol. The average Bonchev–Trinajstić information content (AvgIpc) is 2.40. The third-order valence-corrected chi connectivity index (χ3v) is 4.24. The van der Waals surface area contributed by atoms with Crippen LogP contribution < -0.4 is 0 Å². The highest BCUT2D eigenvalue weighted by molar-refractivity contribution is 7.91. The van der Waals surface area contributed by atoms with E-state index in [0.29, 0.717) is 11.4 Å². The Morgan fingerprint density at radius 3 is 2.61 bits per heavy atom. The fourth-order valence-electron chi connectivity index (χ4n) is 1.52. The molecule has 2 aromatic heterocycles. The van der Waals surface area contributed by atoms with Crippen molar-refractivity contribution in [1.29, 1.82) is 0 Å². The number of rotatable bonds is 3. The molecule has 6 heteroatoms. The van der Waals surface area contributed by atoms with E-state index in [1.165, 1.54) is 30.6 Å². The Bertz CT molecular complexity index is 651. The summed E-state index contributed by atoms with van der Waals surface area (Å²) in [4.78, 5) is 8.21. The van der Waals surface area contributed by atoms with Gasteiger partial charge in [-0.05, 0) is 24.3 Å². The molecule has 2 rings (SSSR count). The topological polar surface area (TPSA) is 80.2 Å². The Morgan fingerprint density at radius 2 is 2.00 bits per heavy atom. The van der Waals surface area contributed by atoms with Crippen LogP contribution in [0.1, 0.15) is 6.92 Å². The van der Waals surface area contributed by atoms with E-state index < -0.39 is 9.84 Å². The number of hydrogen-bond acceptors (Lipinski definition) is 5. The van der Waals surface area contributed by atoms with Gasteiger partial charge in [0.2, 0.25) is 0 Å². The molecule has 0 aliphatic rings. The molecule has 0 spiro atoms. The molecule has 2 heterocycles. The van der Waals surface area contributed by atoms with Gasteiger partial charge in [-0.3, -0.25) is 9.97 Å². The Balaban J connectivity index is 2.62.